The molecule has 0 aliphatic heterocycles. The van der Waals surface area contributed by atoms with Crippen LogP contribution in [0.3, 0.4) is 0 Å². The highest BCUT2D eigenvalue weighted by atomic mass is 16.5. The molecule has 0 N–H and O–H groups in total. The lowest BCUT2D eigenvalue weighted by Crippen LogP contribution is -2.23. The molecule has 0 heterocycles. The molecular weight excluding hydrogens is 208 g/mol. The number of hydrogen-bond acceptors (Lipinski definition) is 1. The van der Waals surface area contributed by atoms with E-state index in [1.807, 2.05) is 6.07 Å². The normalized spacial score (nSPS) is 10.5. The molecule has 0 spiro atoms. The Hall–Kier alpha value is -0.980. The van der Waals surface area contributed by atoms with Gasteiger partial charge in [-0.05, 0) is 46.2 Å². The van der Waals surface area contributed by atoms with E-state index >= 15 is 0 Å². The third-order valence-corrected chi connectivity index (χ3v) is 2.25. The average Bonchev–Trinajstić information content (AvgIpc) is 2.21. The first-order valence-corrected chi connectivity index (χ1v) is 6.56. The van der Waals surface area contributed by atoms with Crippen LogP contribution in [0.1, 0.15) is 58.6 Å². The predicted octanol–water partition coefficient (Wildman–Crippen LogP) is 5.29. The Labute approximate surface area is 107 Å². The zero-order valence-electron chi connectivity index (χ0n) is 12.6. The van der Waals surface area contributed by atoms with Gasteiger partial charge in [0.1, 0.15) is 11.4 Å². The zero-order valence-corrected chi connectivity index (χ0v) is 12.6. The number of benzene rings is 1. The fourth-order valence-electron chi connectivity index (χ4n) is 1.24. The van der Waals surface area contributed by atoms with Crippen molar-refractivity contribution in [3.8, 4) is 5.75 Å². The van der Waals surface area contributed by atoms with E-state index < -0.39 is 0 Å². The monoisotopic (exact) mass is 236 g/mol. The summed E-state index contributed by atoms with van der Waals surface area (Å²) in [4.78, 5) is 0. The lowest BCUT2D eigenvalue weighted by atomic mass is 10.1. The molecule has 0 aromatic heterocycles. The second kappa shape index (κ2) is 7.37. The highest BCUT2D eigenvalue weighted by Crippen LogP contribution is 2.23. The van der Waals surface area contributed by atoms with Gasteiger partial charge in [-0.2, -0.15) is 0 Å². The van der Waals surface area contributed by atoms with E-state index in [2.05, 4.69) is 60.6 Å². The smallest absolute Gasteiger partial charge is 0.123 e. The van der Waals surface area contributed by atoms with Gasteiger partial charge in [0.2, 0.25) is 0 Å². The minimum atomic E-state index is -0.111. The first kappa shape index (κ1) is 16.0. The molecule has 0 amide bonds. The van der Waals surface area contributed by atoms with Crippen molar-refractivity contribution in [1.82, 2.24) is 0 Å². The maximum atomic E-state index is 5.79. The van der Waals surface area contributed by atoms with Crippen molar-refractivity contribution in [2.75, 3.05) is 0 Å². The van der Waals surface area contributed by atoms with Crippen molar-refractivity contribution in [2.24, 2.45) is 0 Å². The average molecular weight is 236 g/mol. The third-order valence-electron chi connectivity index (χ3n) is 2.25. The van der Waals surface area contributed by atoms with Gasteiger partial charge in [0.25, 0.3) is 0 Å². The van der Waals surface area contributed by atoms with Gasteiger partial charge in [-0.3, -0.25) is 0 Å². The van der Waals surface area contributed by atoms with Gasteiger partial charge in [-0.15, -0.1) is 0 Å². The Morgan fingerprint density at radius 1 is 1.00 bits per heavy atom. The summed E-state index contributed by atoms with van der Waals surface area (Å²) in [5, 5.41) is 0. The van der Waals surface area contributed by atoms with E-state index in [0.29, 0.717) is 0 Å². The fourth-order valence-corrected chi connectivity index (χ4v) is 1.24. The summed E-state index contributed by atoms with van der Waals surface area (Å²) in [5.41, 5.74) is 2.37. The molecule has 0 unspecified atom stereocenters. The molecule has 0 bridgehead atoms. The number of unbranched alkanes of at least 4 members (excludes halogenated alkanes) is 1. The quantitative estimate of drug-likeness (QED) is 0.678. The van der Waals surface area contributed by atoms with Gasteiger partial charge < -0.3 is 4.74 Å². The molecule has 1 aromatic rings. The van der Waals surface area contributed by atoms with Gasteiger partial charge in [0, 0.05) is 0 Å². The first-order chi connectivity index (χ1) is 7.80. The second-order valence-corrected chi connectivity index (χ2v) is 5.48. The van der Waals surface area contributed by atoms with Gasteiger partial charge >= 0.3 is 0 Å². The van der Waals surface area contributed by atoms with E-state index in [1.165, 1.54) is 24.0 Å². The van der Waals surface area contributed by atoms with Crippen LogP contribution in [0, 0.1) is 13.8 Å². The molecule has 98 valence electrons. The Balaban J connectivity index is 0.000000557. The van der Waals surface area contributed by atoms with E-state index in [-0.39, 0.29) is 5.60 Å². The minimum Gasteiger partial charge on any atom is -0.488 e. The molecule has 0 radical (unpaired) electrons. The van der Waals surface area contributed by atoms with Gasteiger partial charge in [0.15, 0.2) is 0 Å². The lowest BCUT2D eigenvalue weighted by molar-refractivity contribution is 0.130. The summed E-state index contributed by atoms with van der Waals surface area (Å²) < 4.78 is 5.79. The third kappa shape index (κ3) is 7.84. The summed E-state index contributed by atoms with van der Waals surface area (Å²) in [6, 6.07) is 6.26. The fraction of sp³-hybridized carbons (Fsp3) is 0.625. The molecule has 1 heteroatoms. The zero-order chi connectivity index (χ0) is 13.5. The van der Waals surface area contributed by atoms with Gasteiger partial charge in [0.05, 0.1) is 0 Å². The summed E-state index contributed by atoms with van der Waals surface area (Å²) >= 11 is 0. The molecule has 0 fully saturated rings. The van der Waals surface area contributed by atoms with Crippen molar-refractivity contribution in [1.29, 1.82) is 0 Å². The Kier molecular flexibility index (Phi) is 6.94. The predicted molar refractivity (Wildman–Crippen MR) is 76.9 cm³/mol. The molecular formula is C16H28O. The van der Waals surface area contributed by atoms with Crippen molar-refractivity contribution < 1.29 is 4.74 Å². The number of ether oxygens (including phenoxy) is 1. The van der Waals surface area contributed by atoms with Crippen LogP contribution < -0.4 is 4.74 Å². The van der Waals surface area contributed by atoms with Crippen LogP contribution in [0.15, 0.2) is 18.2 Å². The molecule has 1 rings (SSSR count). The van der Waals surface area contributed by atoms with E-state index in [0.717, 1.165) is 5.75 Å². The van der Waals surface area contributed by atoms with Gasteiger partial charge in [-0.25, -0.2) is 0 Å². The van der Waals surface area contributed by atoms with Crippen molar-refractivity contribution >= 4 is 0 Å². The van der Waals surface area contributed by atoms with Crippen LogP contribution in [0.5, 0.6) is 5.75 Å². The van der Waals surface area contributed by atoms with Crippen molar-refractivity contribution in [3.63, 3.8) is 0 Å². The molecule has 1 aromatic carbocycles. The van der Waals surface area contributed by atoms with Crippen LogP contribution in [0.4, 0.5) is 0 Å². The van der Waals surface area contributed by atoms with Crippen LogP contribution in [-0.2, 0) is 0 Å². The summed E-state index contributed by atoms with van der Waals surface area (Å²) in [7, 11) is 0. The van der Waals surface area contributed by atoms with E-state index in [9.17, 15) is 0 Å². The van der Waals surface area contributed by atoms with E-state index in [4.69, 9.17) is 4.74 Å². The van der Waals surface area contributed by atoms with Gasteiger partial charge in [-0.1, -0.05) is 44.4 Å². The SMILES string of the molecule is CCCC.Cc1ccc(OC(C)(C)C)c(C)c1. The Bertz CT molecular complexity index is 319. The molecule has 17 heavy (non-hydrogen) atoms. The van der Waals surface area contributed by atoms with E-state index in [1.54, 1.807) is 0 Å². The second-order valence-electron chi connectivity index (χ2n) is 5.48. The maximum Gasteiger partial charge on any atom is 0.123 e. The molecule has 1 nitrogen and oxygen atoms in total. The summed E-state index contributed by atoms with van der Waals surface area (Å²) in [5.74, 6) is 0.984. The largest absolute Gasteiger partial charge is 0.488 e. The van der Waals surface area contributed by atoms with Crippen LogP contribution >= 0.6 is 0 Å². The minimum absolute atomic E-state index is 0.111. The molecule has 0 saturated heterocycles. The van der Waals surface area contributed by atoms with Crippen molar-refractivity contribution in [2.45, 2.75) is 66.9 Å². The molecule has 0 saturated carbocycles. The van der Waals surface area contributed by atoms with Crippen LogP contribution in [-0.4, -0.2) is 5.60 Å². The number of rotatable bonds is 2. The molecule has 0 atom stereocenters. The summed E-state index contributed by atoms with van der Waals surface area (Å²) in [6.45, 7) is 14.7. The highest BCUT2D eigenvalue weighted by Gasteiger charge is 2.12. The Morgan fingerprint density at radius 2 is 1.53 bits per heavy atom. The molecule has 0 aliphatic rings. The summed E-state index contributed by atoms with van der Waals surface area (Å²) in [6.07, 6.45) is 2.64. The number of hydrogen-bond donors (Lipinski definition) is 0. The topological polar surface area (TPSA) is 9.23 Å². The first-order valence-electron chi connectivity index (χ1n) is 6.56. The Morgan fingerprint density at radius 3 is 1.88 bits per heavy atom. The highest BCUT2D eigenvalue weighted by molar-refractivity contribution is 5.35. The standard InChI is InChI=1S/C12H18O.C4H10/c1-9-6-7-11(10(2)8-9)13-12(3,4)5;1-3-4-2/h6-8H,1-5H3;3-4H2,1-2H3. The number of aryl methyl sites for hydroxylation is 2. The van der Waals surface area contributed by atoms with Crippen LogP contribution in [0.25, 0.3) is 0 Å². The van der Waals surface area contributed by atoms with Crippen molar-refractivity contribution in [3.05, 3.63) is 29.3 Å². The molecule has 0 aliphatic carbocycles. The maximum absolute atomic E-state index is 5.79. The lowest BCUT2D eigenvalue weighted by Gasteiger charge is -2.22. The van der Waals surface area contributed by atoms with Crippen LogP contribution in [0.2, 0.25) is 0 Å².